The van der Waals surface area contributed by atoms with Gasteiger partial charge in [0.15, 0.2) is 17.4 Å². The maximum atomic E-state index is 14.8. The van der Waals surface area contributed by atoms with Crippen molar-refractivity contribution in [1.82, 2.24) is 20.4 Å². The van der Waals surface area contributed by atoms with E-state index in [4.69, 9.17) is 18.4 Å². The van der Waals surface area contributed by atoms with Crippen molar-refractivity contribution < 1.29 is 47.1 Å². The zero-order chi connectivity index (χ0) is 34.8. The lowest BCUT2D eigenvalue weighted by Gasteiger charge is -2.30. The molecule has 3 amide bonds. The Morgan fingerprint density at radius 2 is 2.06 bits per heavy atom. The molecule has 4 rings (SSSR count). The Morgan fingerprint density at radius 3 is 2.81 bits per heavy atom. The molecule has 0 aliphatic carbocycles. The minimum atomic E-state index is -1.50. The van der Waals surface area contributed by atoms with E-state index >= 15 is 0 Å². The Balaban J connectivity index is 1.54. The predicted octanol–water partition coefficient (Wildman–Crippen LogP) is 3.83. The van der Waals surface area contributed by atoms with Gasteiger partial charge in [-0.15, -0.1) is 0 Å². The van der Waals surface area contributed by atoms with Crippen LogP contribution in [0.4, 0.5) is 15.0 Å². The molecule has 1 saturated heterocycles. The summed E-state index contributed by atoms with van der Waals surface area (Å²) in [5.74, 6) is -2.03. The summed E-state index contributed by atoms with van der Waals surface area (Å²) in [4.78, 5) is 57.5. The number of nitrogens with zero attached hydrogens (tertiary/aromatic N) is 3. The number of anilines is 1. The molecule has 2 aliphatic heterocycles. The Labute approximate surface area is 277 Å². The third-order valence-corrected chi connectivity index (χ3v) is 7.90. The monoisotopic (exact) mass is 671 g/mol. The van der Waals surface area contributed by atoms with Gasteiger partial charge in [0.2, 0.25) is 5.91 Å². The van der Waals surface area contributed by atoms with Crippen molar-refractivity contribution in [1.29, 1.82) is 0 Å². The van der Waals surface area contributed by atoms with Crippen molar-refractivity contribution >= 4 is 29.7 Å². The van der Waals surface area contributed by atoms with E-state index in [2.05, 4.69) is 20.8 Å². The second kappa shape index (κ2) is 16.9. The Hall–Kier alpha value is -4.79. The molecule has 48 heavy (non-hydrogen) atoms. The summed E-state index contributed by atoms with van der Waals surface area (Å²) in [6, 6.07) is 0.590. The number of ether oxygens (including phenoxy) is 2. The molecule has 4 heterocycles. The number of fused-ring (bicyclic) bond motifs is 3. The minimum absolute atomic E-state index is 0.0108. The number of halogens is 1. The molecule has 1 fully saturated rings. The largest absolute Gasteiger partial charge is 0.460 e. The average molecular weight is 672 g/mol. The number of hydrogen-bond acceptors (Lipinski definition) is 11. The van der Waals surface area contributed by atoms with Crippen LogP contribution in [0.15, 0.2) is 57.2 Å². The highest BCUT2D eigenvalue weighted by molar-refractivity contribution is 5.95. The van der Waals surface area contributed by atoms with Crippen LogP contribution in [0.3, 0.4) is 0 Å². The number of amides is 3. The molecular weight excluding hydrogens is 629 g/mol. The number of aromatic nitrogens is 2. The van der Waals surface area contributed by atoms with Crippen LogP contribution < -0.4 is 10.6 Å². The van der Waals surface area contributed by atoms with E-state index in [0.29, 0.717) is 24.2 Å². The summed E-state index contributed by atoms with van der Waals surface area (Å²) in [6.45, 7) is 7.19. The number of oxazole rings is 1. The SMILES string of the molecule is CC1=CC(O)CC(F)Cc2nc(co2)C(=O)N2CCCC2C(=O)OC(C(C)COC(=O)Nc2cc(C)on2)C(C)/C=C/C(=O)NCC=C1. The van der Waals surface area contributed by atoms with E-state index in [9.17, 15) is 28.7 Å². The number of nitrogens with one attached hydrogen (secondary N) is 2. The predicted molar refractivity (Wildman–Crippen MR) is 169 cm³/mol. The first-order valence-electron chi connectivity index (χ1n) is 15.9. The maximum absolute atomic E-state index is 14.8. The molecule has 14 nitrogen and oxygen atoms in total. The summed E-state index contributed by atoms with van der Waals surface area (Å²) in [5.41, 5.74) is 0.590. The number of rotatable bonds is 4. The van der Waals surface area contributed by atoms with Crippen LogP contribution in [0.5, 0.6) is 0 Å². The van der Waals surface area contributed by atoms with Crippen molar-refractivity contribution in [3.8, 4) is 0 Å². The van der Waals surface area contributed by atoms with Gasteiger partial charge >= 0.3 is 12.1 Å². The molecule has 6 unspecified atom stereocenters. The molecule has 3 N–H and O–H groups in total. The summed E-state index contributed by atoms with van der Waals surface area (Å²) >= 11 is 0. The summed E-state index contributed by atoms with van der Waals surface area (Å²) in [7, 11) is 0. The fraction of sp³-hybridized carbons (Fsp3) is 0.515. The minimum Gasteiger partial charge on any atom is -0.460 e. The Kier molecular flexibility index (Phi) is 12.7. The standard InChI is InChI=1S/C33H42FN5O9/c1-19-7-5-11-35-28(41)10-9-20(2)30(21(3)17-46-33(44)37-27-14-22(4)48-38-27)47-32(43)26-8-6-12-39(26)31(42)25-18-45-29(36-25)16-23(34)15-24(40)13-19/h5,7,9-10,13-14,18,20-21,23-24,26,30,40H,6,8,11-12,15-17H2,1-4H3,(H,35,41)(H,37,38,44)/b7-5?,10-9+,19-13?. The zero-order valence-corrected chi connectivity index (χ0v) is 27.4. The lowest BCUT2D eigenvalue weighted by Crippen LogP contribution is -2.44. The molecule has 0 saturated carbocycles. The van der Waals surface area contributed by atoms with Crippen LogP contribution in [0.1, 0.15) is 62.2 Å². The highest BCUT2D eigenvalue weighted by Crippen LogP contribution is 2.26. The van der Waals surface area contributed by atoms with Crippen LogP contribution in [0.25, 0.3) is 0 Å². The Bertz CT molecular complexity index is 1530. The quantitative estimate of drug-likeness (QED) is 0.401. The van der Waals surface area contributed by atoms with Crippen molar-refractivity contribution in [3.63, 3.8) is 0 Å². The lowest BCUT2D eigenvalue weighted by molar-refractivity contribution is -0.159. The van der Waals surface area contributed by atoms with E-state index in [1.54, 1.807) is 45.9 Å². The van der Waals surface area contributed by atoms with Gasteiger partial charge in [0.25, 0.3) is 5.91 Å². The number of alkyl halides is 1. The molecule has 2 aromatic rings. The van der Waals surface area contributed by atoms with Crippen molar-refractivity contribution in [2.75, 3.05) is 25.0 Å². The number of esters is 1. The second-order valence-corrected chi connectivity index (χ2v) is 12.1. The van der Waals surface area contributed by atoms with Gasteiger partial charge in [-0.2, -0.15) is 0 Å². The molecule has 0 aromatic carbocycles. The molecule has 2 aromatic heterocycles. The van der Waals surface area contributed by atoms with Crippen LogP contribution in [-0.2, 0) is 25.5 Å². The van der Waals surface area contributed by atoms with Gasteiger partial charge in [-0.3, -0.25) is 14.9 Å². The molecule has 0 radical (unpaired) electrons. The van der Waals surface area contributed by atoms with E-state index in [-0.39, 0.29) is 49.9 Å². The van der Waals surface area contributed by atoms with Gasteiger partial charge in [0, 0.05) is 37.4 Å². The van der Waals surface area contributed by atoms with E-state index < -0.39 is 60.1 Å². The first kappa shape index (κ1) is 36.1. The number of allylic oxidation sites excluding steroid dienone is 2. The number of aryl methyl sites for hydroxylation is 1. The summed E-state index contributed by atoms with van der Waals surface area (Å²) in [5, 5.41) is 19.2. The van der Waals surface area contributed by atoms with Crippen molar-refractivity contribution in [3.05, 3.63) is 65.6 Å². The topological polar surface area (TPSA) is 186 Å². The smallest absolute Gasteiger partial charge is 0.412 e. The van der Waals surface area contributed by atoms with Crippen LogP contribution in [0.2, 0.25) is 0 Å². The van der Waals surface area contributed by atoms with Crippen LogP contribution in [0, 0.1) is 18.8 Å². The number of aliphatic hydroxyl groups is 1. The number of hydrogen-bond donors (Lipinski definition) is 3. The average Bonchev–Trinajstić information content (AvgIpc) is 3.80. The lowest BCUT2D eigenvalue weighted by atomic mass is 9.93. The van der Waals surface area contributed by atoms with Gasteiger partial charge in [0.1, 0.15) is 30.3 Å². The van der Waals surface area contributed by atoms with Gasteiger partial charge in [0.05, 0.1) is 19.1 Å². The summed E-state index contributed by atoms with van der Waals surface area (Å²) in [6.07, 6.45) is 5.08. The highest BCUT2D eigenvalue weighted by atomic mass is 19.1. The zero-order valence-electron chi connectivity index (χ0n) is 27.4. The Morgan fingerprint density at radius 1 is 1.27 bits per heavy atom. The first-order chi connectivity index (χ1) is 22.9. The molecule has 2 bridgehead atoms. The third-order valence-electron chi connectivity index (χ3n) is 7.90. The third kappa shape index (κ3) is 10.4. The molecule has 15 heteroatoms. The normalized spacial score (nSPS) is 26.1. The van der Waals surface area contributed by atoms with E-state index in [0.717, 1.165) is 6.26 Å². The highest BCUT2D eigenvalue weighted by Gasteiger charge is 2.39. The molecule has 260 valence electrons. The fourth-order valence-corrected chi connectivity index (χ4v) is 5.50. The van der Waals surface area contributed by atoms with E-state index in [1.165, 1.54) is 23.1 Å². The maximum Gasteiger partial charge on any atom is 0.412 e. The van der Waals surface area contributed by atoms with Crippen LogP contribution in [-0.4, -0.2) is 88.1 Å². The first-order valence-corrected chi connectivity index (χ1v) is 15.9. The van der Waals surface area contributed by atoms with E-state index in [1.807, 2.05) is 0 Å². The molecule has 0 spiro atoms. The second-order valence-electron chi connectivity index (χ2n) is 12.1. The molecule has 6 atom stereocenters. The van der Waals surface area contributed by atoms with Crippen molar-refractivity contribution in [2.24, 2.45) is 11.8 Å². The van der Waals surface area contributed by atoms with Gasteiger partial charge in [-0.1, -0.05) is 48.9 Å². The van der Waals surface area contributed by atoms with Gasteiger partial charge in [-0.05, 0) is 32.8 Å². The number of carbonyl (C=O) groups excluding carboxylic acids is 4. The number of cyclic esters (lactones) is 1. The van der Waals surface area contributed by atoms with Gasteiger partial charge in [-0.25, -0.2) is 19.0 Å². The molecule has 2 aliphatic rings. The fourth-order valence-electron chi connectivity index (χ4n) is 5.50. The van der Waals surface area contributed by atoms with Gasteiger partial charge < -0.3 is 33.7 Å². The number of aliphatic hydroxyl groups excluding tert-OH is 1. The number of carbonyl (C=O) groups is 4. The van der Waals surface area contributed by atoms with Crippen molar-refractivity contribution in [2.45, 2.75) is 77.8 Å². The van der Waals surface area contributed by atoms with Crippen LogP contribution >= 0.6 is 0 Å². The summed E-state index contributed by atoms with van der Waals surface area (Å²) < 4.78 is 36.4. The molecular formula is C33H42FN5O9.